The molecule has 0 saturated carbocycles. The monoisotopic (exact) mass is 534 g/mol. The number of Topliss-reactive ketones (excluding diaryl/α,β-unsaturated/α-hetero) is 2. The molecule has 1 atom stereocenters. The molecule has 1 aliphatic heterocycles. The number of aliphatic hydroxyl groups is 1. The summed E-state index contributed by atoms with van der Waals surface area (Å²) in [5.41, 5.74) is -1.73. The number of amides is 1. The maximum Gasteiger partial charge on any atom is 0.302 e. The summed E-state index contributed by atoms with van der Waals surface area (Å²) in [7, 11) is 3.04. The van der Waals surface area contributed by atoms with Crippen molar-refractivity contribution in [2.24, 2.45) is 0 Å². The summed E-state index contributed by atoms with van der Waals surface area (Å²) in [6.45, 7) is 0. The minimum atomic E-state index is -2.32. The Morgan fingerprint density at radius 2 is 1.27 bits per heavy atom. The molecule has 5 rings (SSSR count). The number of benzene rings is 4. The molecule has 2 N–H and O–H groups in total. The van der Waals surface area contributed by atoms with Crippen LogP contribution in [0.5, 0.6) is 11.5 Å². The largest absolute Gasteiger partial charge is 0.497 e. The molecule has 4 aromatic carbocycles. The van der Waals surface area contributed by atoms with E-state index in [1.54, 1.807) is 109 Å². The van der Waals surface area contributed by atoms with E-state index in [1.165, 1.54) is 14.2 Å². The van der Waals surface area contributed by atoms with Gasteiger partial charge in [-0.2, -0.15) is 0 Å². The van der Waals surface area contributed by atoms with Crippen LogP contribution in [0.2, 0.25) is 0 Å². The number of nitrogens with one attached hydrogen (secondary N) is 1. The summed E-state index contributed by atoms with van der Waals surface area (Å²) in [5, 5.41) is 15.5. The number of allylic oxidation sites excluding steroid dienone is 1. The van der Waals surface area contributed by atoms with Crippen LogP contribution in [-0.4, -0.2) is 36.8 Å². The van der Waals surface area contributed by atoms with Crippen molar-refractivity contribution < 1.29 is 29.0 Å². The van der Waals surface area contributed by atoms with Crippen molar-refractivity contribution in [3.05, 3.63) is 132 Å². The van der Waals surface area contributed by atoms with Crippen molar-refractivity contribution in [2.75, 3.05) is 24.4 Å². The standard InChI is InChI=1S/C32H26N2O6/c1-39-25-17-13-23(14-18-25)33-28(29(35)21-9-5-3-6-10-21)27-30(36)31(37)34(24-15-19-26(40-2)20-16-24)32(27,38)22-11-7-4-8-12-22/h3-20,33,38H,1-2H3/b28-27+. The van der Waals surface area contributed by atoms with E-state index < -0.39 is 23.2 Å². The van der Waals surface area contributed by atoms with E-state index >= 15 is 0 Å². The molecule has 1 fully saturated rings. The Morgan fingerprint density at radius 3 is 1.82 bits per heavy atom. The van der Waals surface area contributed by atoms with Crippen molar-refractivity contribution in [3.63, 3.8) is 0 Å². The highest BCUT2D eigenvalue weighted by Crippen LogP contribution is 2.45. The van der Waals surface area contributed by atoms with Crippen LogP contribution < -0.4 is 19.7 Å². The lowest BCUT2D eigenvalue weighted by molar-refractivity contribution is -0.132. The molecule has 200 valence electrons. The summed E-state index contributed by atoms with van der Waals surface area (Å²) in [6, 6.07) is 29.7. The molecule has 0 spiro atoms. The molecule has 0 aromatic heterocycles. The predicted molar refractivity (Wildman–Crippen MR) is 150 cm³/mol. The second-order valence-electron chi connectivity index (χ2n) is 9.00. The Hall–Kier alpha value is -5.21. The smallest absolute Gasteiger partial charge is 0.302 e. The zero-order chi connectivity index (χ0) is 28.3. The second-order valence-corrected chi connectivity index (χ2v) is 9.00. The number of nitrogens with zero attached hydrogens (tertiary/aromatic N) is 1. The van der Waals surface area contributed by atoms with Crippen LogP contribution in [0, 0.1) is 0 Å². The third-order valence-corrected chi connectivity index (χ3v) is 6.68. The fourth-order valence-corrected chi connectivity index (χ4v) is 4.68. The number of methoxy groups -OCH3 is 2. The highest BCUT2D eigenvalue weighted by molar-refractivity contribution is 6.52. The molecule has 8 nitrogen and oxygen atoms in total. The summed E-state index contributed by atoms with van der Waals surface area (Å²) in [4.78, 5) is 42.5. The van der Waals surface area contributed by atoms with Crippen molar-refractivity contribution in [1.29, 1.82) is 0 Å². The first-order valence-electron chi connectivity index (χ1n) is 12.4. The Kier molecular flexibility index (Phi) is 7.18. The number of carbonyl (C=O) groups excluding carboxylic acids is 3. The van der Waals surface area contributed by atoms with E-state index in [1.807, 2.05) is 0 Å². The molecule has 1 unspecified atom stereocenters. The average molecular weight is 535 g/mol. The minimum absolute atomic E-state index is 0.225. The van der Waals surface area contributed by atoms with E-state index in [0.29, 0.717) is 17.2 Å². The van der Waals surface area contributed by atoms with E-state index in [9.17, 15) is 19.5 Å². The molecule has 0 radical (unpaired) electrons. The Bertz CT molecular complexity index is 1580. The first kappa shape index (κ1) is 26.4. The van der Waals surface area contributed by atoms with E-state index in [0.717, 1.165) is 4.90 Å². The van der Waals surface area contributed by atoms with Gasteiger partial charge in [0.25, 0.3) is 5.78 Å². The molecule has 0 aliphatic carbocycles. The van der Waals surface area contributed by atoms with Crippen molar-refractivity contribution >= 4 is 28.8 Å². The lowest BCUT2D eigenvalue weighted by Gasteiger charge is -2.35. The molecule has 40 heavy (non-hydrogen) atoms. The number of carbonyl (C=O) groups is 3. The number of hydrogen-bond donors (Lipinski definition) is 2. The van der Waals surface area contributed by atoms with Crippen molar-refractivity contribution in [1.82, 2.24) is 0 Å². The van der Waals surface area contributed by atoms with Crippen molar-refractivity contribution in [3.8, 4) is 11.5 Å². The fraction of sp³-hybridized carbons (Fsp3) is 0.0938. The van der Waals surface area contributed by atoms with Gasteiger partial charge in [-0.1, -0.05) is 60.7 Å². The van der Waals surface area contributed by atoms with Gasteiger partial charge in [0.15, 0.2) is 0 Å². The van der Waals surface area contributed by atoms with Gasteiger partial charge < -0.3 is 19.9 Å². The predicted octanol–water partition coefficient (Wildman–Crippen LogP) is 4.71. The van der Waals surface area contributed by atoms with Crippen molar-refractivity contribution in [2.45, 2.75) is 5.72 Å². The Labute approximate surface area is 231 Å². The summed E-state index contributed by atoms with van der Waals surface area (Å²) in [5.74, 6) is -1.45. The lowest BCUT2D eigenvalue weighted by atomic mass is 9.90. The molecule has 1 amide bonds. The van der Waals surface area contributed by atoms with E-state index in [2.05, 4.69) is 5.32 Å². The molecule has 1 heterocycles. The zero-order valence-corrected chi connectivity index (χ0v) is 21.8. The van der Waals surface area contributed by atoms with Crippen LogP contribution in [0.15, 0.2) is 120 Å². The summed E-state index contributed by atoms with van der Waals surface area (Å²) in [6.07, 6.45) is 0. The molecule has 4 aromatic rings. The summed E-state index contributed by atoms with van der Waals surface area (Å²) >= 11 is 0. The Balaban J connectivity index is 1.78. The van der Waals surface area contributed by atoms with Gasteiger partial charge in [0.1, 0.15) is 11.5 Å². The SMILES string of the molecule is COc1ccc(N/C(C(=O)c2ccccc2)=C2\C(=O)C(=O)N(c3ccc(OC)cc3)C2(O)c2ccccc2)cc1. The minimum Gasteiger partial charge on any atom is -0.497 e. The van der Waals surface area contributed by atoms with Gasteiger partial charge in [0, 0.05) is 22.5 Å². The second kappa shape index (κ2) is 10.9. The Morgan fingerprint density at radius 1 is 0.750 bits per heavy atom. The average Bonchev–Trinajstić information content (AvgIpc) is 3.21. The molecule has 1 aliphatic rings. The van der Waals surface area contributed by atoms with Gasteiger partial charge in [-0.25, -0.2) is 0 Å². The van der Waals surface area contributed by atoms with Crippen LogP contribution in [0.4, 0.5) is 11.4 Å². The lowest BCUT2D eigenvalue weighted by Crippen LogP contribution is -2.45. The molecule has 0 bridgehead atoms. The third-order valence-electron chi connectivity index (χ3n) is 6.68. The number of ether oxygens (including phenoxy) is 2. The number of ketones is 2. The quantitative estimate of drug-likeness (QED) is 0.192. The number of anilines is 2. The maximum absolute atomic E-state index is 14.0. The molecular weight excluding hydrogens is 508 g/mol. The van der Waals surface area contributed by atoms with Gasteiger partial charge in [-0.15, -0.1) is 0 Å². The van der Waals surface area contributed by atoms with E-state index in [4.69, 9.17) is 9.47 Å². The molecular formula is C32H26N2O6. The van der Waals surface area contributed by atoms with E-state index in [-0.39, 0.29) is 28.1 Å². The third kappa shape index (κ3) is 4.61. The number of rotatable bonds is 8. The highest BCUT2D eigenvalue weighted by atomic mass is 16.5. The maximum atomic E-state index is 14.0. The van der Waals surface area contributed by atoms with Crippen LogP contribution in [0.3, 0.4) is 0 Å². The van der Waals surface area contributed by atoms with Crippen LogP contribution >= 0.6 is 0 Å². The fourth-order valence-electron chi connectivity index (χ4n) is 4.68. The number of hydrogen-bond acceptors (Lipinski definition) is 7. The zero-order valence-electron chi connectivity index (χ0n) is 21.8. The first-order valence-corrected chi connectivity index (χ1v) is 12.4. The van der Waals surface area contributed by atoms with Gasteiger partial charge in [-0.05, 0) is 48.5 Å². The first-order chi connectivity index (χ1) is 19.4. The van der Waals surface area contributed by atoms with Crippen LogP contribution in [0.1, 0.15) is 15.9 Å². The van der Waals surface area contributed by atoms with Gasteiger partial charge >= 0.3 is 5.91 Å². The molecule has 8 heteroatoms. The van der Waals surface area contributed by atoms with Crippen LogP contribution in [0.25, 0.3) is 0 Å². The van der Waals surface area contributed by atoms with Gasteiger partial charge in [0.05, 0.1) is 25.5 Å². The normalized spacial score (nSPS) is 17.9. The topological polar surface area (TPSA) is 105 Å². The molecule has 1 saturated heterocycles. The highest BCUT2D eigenvalue weighted by Gasteiger charge is 2.58. The summed E-state index contributed by atoms with van der Waals surface area (Å²) < 4.78 is 10.5. The van der Waals surface area contributed by atoms with Gasteiger partial charge in [0.2, 0.25) is 11.5 Å². The van der Waals surface area contributed by atoms with Crippen LogP contribution in [-0.2, 0) is 15.3 Å². The van der Waals surface area contributed by atoms with Gasteiger partial charge in [-0.3, -0.25) is 19.3 Å².